The van der Waals surface area contributed by atoms with Crippen LogP contribution in [0.3, 0.4) is 0 Å². The Balaban J connectivity index is 1.35. The van der Waals surface area contributed by atoms with Crippen LogP contribution in [0.2, 0.25) is 0 Å². The molecule has 0 unspecified atom stereocenters. The van der Waals surface area contributed by atoms with Gasteiger partial charge in [-0.25, -0.2) is 9.97 Å². The number of hydrogen-bond donors (Lipinski definition) is 2. The number of nitrogens with zero attached hydrogens (tertiary/aromatic N) is 3. The summed E-state index contributed by atoms with van der Waals surface area (Å²) in [6.45, 7) is 2.86. The van der Waals surface area contributed by atoms with Gasteiger partial charge in [-0.1, -0.05) is 36.4 Å². The van der Waals surface area contributed by atoms with Crippen LogP contribution >= 0.6 is 0 Å². The fourth-order valence-corrected chi connectivity index (χ4v) is 4.47. The molecule has 0 spiro atoms. The maximum absolute atomic E-state index is 13.5. The zero-order valence-electron chi connectivity index (χ0n) is 18.9. The zero-order valence-corrected chi connectivity index (χ0v) is 18.9. The molecular formula is C26H24F3N5O. The summed E-state index contributed by atoms with van der Waals surface area (Å²) in [7, 11) is 0. The molecule has 0 atom stereocenters. The van der Waals surface area contributed by atoms with Gasteiger partial charge in [0, 0.05) is 12.1 Å². The minimum atomic E-state index is -4.51. The van der Waals surface area contributed by atoms with Crippen LogP contribution in [-0.4, -0.2) is 38.8 Å². The number of amides is 1. The third-order valence-corrected chi connectivity index (χ3v) is 6.09. The molecule has 2 aromatic heterocycles. The van der Waals surface area contributed by atoms with E-state index in [1.807, 2.05) is 12.1 Å². The Bertz CT molecular complexity index is 1360. The van der Waals surface area contributed by atoms with Gasteiger partial charge < -0.3 is 10.3 Å². The number of rotatable bonds is 6. The van der Waals surface area contributed by atoms with Gasteiger partial charge >= 0.3 is 6.18 Å². The van der Waals surface area contributed by atoms with E-state index < -0.39 is 11.7 Å². The summed E-state index contributed by atoms with van der Waals surface area (Å²) in [5, 5.41) is 2.83. The third-order valence-electron chi connectivity index (χ3n) is 6.09. The Labute approximate surface area is 200 Å². The number of H-pyrrole nitrogens is 1. The van der Waals surface area contributed by atoms with Crippen LogP contribution in [0.1, 0.15) is 29.7 Å². The molecule has 1 amide bonds. The van der Waals surface area contributed by atoms with E-state index in [9.17, 15) is 18.0 Å². The number of para-hydroxylation sites is 1. The van der Waals surface area contributed by atoms with Gasteiger partial charge in [0.05, 0.1) is 28.7 Å². The minimum Gasteiger partial charge on any atom is -0.338 e. The van der Waals surface area contributed by atoms with E-state index in [2.05, 4.69) is 25.2 Å². The molecule has 0 bridgehead atoms. The highest BCUT2D eigenvalue weighted by Gasteiger charge is 2.34. The summed E-state index contributed by atoms with van der Waals surface area (Å²) in [6, 6.07) is 16.1. The number of pyridine rings is 1. The maximum atomic E-state index is 13.5. The maximum Gasteiger partial charge on any atom is 0.417 e. The summed E-state index contributed by atoms with van der Waals surface area (Å²) in [5.41, 5.74) is 1.73. The summed E-state index contributed by atoms with van der Waals surface area (Å²) >= 11 is 0. The van der Waals surface area contributed by atoms with Gasteiger partial charge in [0.2, 0.25) is 5.91 Å². The van der Waals surface area contributed by atoms with Crippen LogP contribution < -0.4 is 5.32 Å². The molecule has 0 radical (unpaired) electrons. The second kappa shape index (κ2) is 9.50. The number of carbonyl (C=O) groups is 1. The van der Waals surface area contributed by atoms with Crippen molar-refractivity contribution >= 4 is 22.8 Å². The first-order valence-electron chi connectivity index (χ1n) is 11.5. The highest BCUT2D eigenvalue weighted by molar-refractivity contribution is 5.94. The zero-order chi connectivity index (χ0) is 24.4. The van der Waals surface area contributed by atoms with Crippen molar-refractivity contribution < 1.29 is 18.0 Å². The molecule has 5 rings (SSSR count). The molecule has 0 aliphatic carbocycles. The number of imidazole rings is 1. The second-order valence-corrected chi connectivity index (χ2v) is 8.66. The number of anilines is 1. The first-order valence-corrected chi connectivity index (χ1v) is 11.5. The molecule has 180 valence electrons. The van der Waals surface area contributed by atoms with E-state index in [4.69, 9.17) is 0 Å². The number of aromatic nitrogens is 3. The normalized spacial score (nSPS) is 14.5. The average Bonchev–Trinajstić information content (AvgIpc) is 3.49. The molecule has 4 aromatic rings. The highest BCUT2D eigenvalue weighted by Crippen LogP contribution is 2.36. The third kappa shape index (κ3) is 5.19. The topological polar surface area (TPSA) is 73.9 Å². The van der Waals surface area contributed by atoms with Gasteiger partial charge in [0.1, 0.15) is 11.6 Å². The number of carbonyl (C=O) groups excluding carboxylic acids is 1. The highest BCUT2D eigenvalue weighted by atomic mass is 19.4. The molecule has 0 saturated carbocycles. The molecule has 1 fully saturated rings. The fourth-order valence-electron chi connectivity index (χ4n) is 4.47. The minimum absolute atomic E-state index is 0.0145. The SMILES string of the molecule is O=C(Cc1cccc2[nH]c(-c3ccccc3C(F)(F)F)nc12)Nc1cccc(CN2CCCC2)n1. The summed E-state index contributed by atoms with van der Waals surface area (Å²) in [6.07, 6.45) is -2.10. The smallest absolute Gasteiger partial charge is 0.338 e. The Hall–Kier alpha value is -3.72. The average molecular weight is 480 g/mol. The number of likely N-dealkylation sites (tertiary alicyclic amines) is 1. The van der Waals surface area contributed by atoms with Gasteiger partial charge in [-0.2, -0.15) is 13.2 Å². The Kier molecular flexibility index (Phi) is 6.25. The van der Waals surface area contributed by atoms with Crippen molar-refractivity contribution in [3.63, 3.8) is 0 Å². The monoisotopic (exact) mass is 479 g/mol. The van der Waals surface area contributed by atoms with Crippen LogP contribution in [0.15, 0.2) is 60.7 Å². The summed E-state index contributed by atoms with van der Waals surface area (Å²) < 4.78 is 40.5. The van der Waals surface area contributed by atoms with Gasteiger partial charge in [-0.3, -0.25) is 9.69 Å². The Morgan fingerprint density at radius 1 is 0.971 bits per heavy atom. The number of benzene rings is 2. The molecule has 2 N–H and O–H groups in total. The van der Waals surface area contributed by atoms with E-state index in [1.165, 1.54) is 31.0 Å². The fraction of sp³-hybridized carbons (Fsp3) is 0.269. The number of alkyl halides is 3. The van der Waals surface area contributed by atoms with Crippen molar-refractivity contribution in [3.8, 4) is 11.4 Å². The van der Waals surface area contributed by atoms with Crippen molar-refractivity contribution in [2.24, 2.45) is 0 Å². The number of halogens is 3. The molecule has 3 heterocycles. The van der Waals surface area contributed by atoms with E-state index in [1.54, 1.807) is 24.3 Å². The van der Waals surface area contributed by atoms with Crippen molar-refractivity contribution in [3.05, 3.63) is 77.5 Å². The van der Waals surface area contributed by atoms with Gasteiger partial charge in [-0.15, -0.1) is 0 Å². The summed E-state index contributed by atoms with van der Waals surface area (Å²) in [5.74, 6) is 0.307. The molecular weight excluding hydrogens is 455 g/mol. The lowest BCUT2D eigenvalue weighted by atomic mass is 10.1. The first kappa shape index (κ1) is 23.0. The number of fused-ring (bicyclic) bond motifs is 1. The lowest BCUT2D eigenvalue weighted by Crippen LogP contribution is -2.20. The lowest BCUT2D eigenvalue weighted by Gasteiger charge is -2.14. The van der Waals surface area contributed by atoms with E-state index >= 15 is 0 Å². The quantitative estimate of drug-likeness (QED) is 0.387. The molecule has 35 heavy (non-hydrogen) atoms. The van der Waals surface area contributed by atoms with Gasteiger partial charge in [0.25, 0.3) is 0 Å². The van der Waals surface area contributed by atoms with Crippen molar-refractivity contribution in [2.45, 2.75) is 32.0 Å². The standard InChI is InChI=1S/C26H24F3N5O/c27-26(28,29)20-10-2-1-9-19(20)25-31-21-11-5-7-17(24(21)33-25)15-23(35)32-22-12-6-8-18(30-22)16-34-13-3-4-14-34/h1-2,5-12H,3-4,13-16H2,(H,31,33)(H,30,32,35). The van der Waals surface area contributed by atoms with Crippen LogP contribution in [0.4, 0.5) is 19.0 Å². The Morgan fingerprint density at radius 2 is 1.74 bits per heavy atom. The Morgan fingerprint density at radius 3 is 2.54 bits per heavy atom. The molecule has 1 aliphatic rings. The largest absolute Gasteiger partial charge is 0.417 e. The van der Waals surface area contributed by atoms with Crippen LogP contribution in [-0.2, 0) is 23.9 Å². The van der Waals surface area contributed by atoms with Gasteiger partial charge in [-0.05, 0) is 55.8 Å². The molecule has 2 aromatic carbocycles. The van der Waals surface area contributed by atoms with Gasteiger partial charge in [0.15, 0.2) is 0 Å². The molecule has 1 saturated heterocycles. The van der Waals surface area contributed by atoms with Crippen molar-refractivity contribution in [1.82, 2.24) is 19.9 Å². The number of nitrogens with one attached hydrogen (secondary N) is 2. The van der Waals surface area contributed by atoms with E-state index in [0.717, 1.165) is 31.4 Å². The molecule has 6 nitrogen and oxygen atoms in total. The molecule has 1 aliphatic heterocycles. The van der Waals surface area contributed by atoms with E-state index in [-0.39, 0.29) is 23.7 Å². The summed E-state index contributed by atoms with van der Waals surface area (Å²) in [4.78, 5) is 27.1. The predicted molar refractivity (Wildman–Crippen MR) is 128 cm³/mol. The lowest BCUT2D eigenvalue weighted by molar-refractivity contribution is -0.137. The van der Waals surface area contributed by atoms with Crippen LogP contribution in [0.5, 0.6) is 0 Å². The van der Waals surface area contributed by atoms with Crippen LogP contribution in [0, 0.1) is 0 Å². The van der Waals surface area contributed by atoms with Crippen molar-refractivity contribution in [2.75, 3.05) is 18.4 Å². The first-order chi connectivity index (χ1) is 16.9. The predicted octanol–water partition coefficient (Wildman–Crippen LogP) is 5.42. The second-order valence-electron chi connectivity index (χ2n) is 8.66. The molecule has 9 heteroatoms. The van der Waals surface area contributed by atoms with E-state index in [0.29, 0.717) is 22.4 Å². The number of aromatic amines is 1. The van der Waals surface area contributed by atoms with Crippen molar-refractivity contribution in [1.29, 1.82) is 0 Å². The number of hydrogen-bond acceptors (Lipinski definition) is 4. The van der Waals surface area contributed by atoms with Crippen LogP contribution in [0.25, 0.3) is 22.4 Å².